The van der Waals surface area contributed by atoms with Crippen LogP contribution in [0.15, 0.2) is 12.1 Å². The molecule has 0 saturated heterocycles. The minimum atomic E-state index is -0.270. The van der Waals surface area contributed by atoms with Gasteiger partial charge in [0.1, 0.15) is 0 Å². The van der Waals surface area contributed by atoms with E-state index in [1.165, 1.54) is 21.3 Å². The summed E-state index contributed by atoms with van der Waals surface area (Å²) in [5.74, 6) is 1.07. The van der Waals surface area contributed by atoms with Gasteiger partial charge in [-0.3, -0.25) is 10.2 Å². The number of amides is 1. The zero-order valence-corrected chi connectivity index (χ0v) is 11.9. The number of nitrogens with one attached hydrogen (secondary N) is 2. The highest BCUT2D eigenvalue weighted by atomic mass is 16.5. The highest BCUT2D eigenvalue weighted by Crippen LogP contribution is 2.38. The molecule has 0 heterocycles. The fourth-order valence-corrected chi connectivity index (χ4v) is 1.49. The highest BCUT2D eigenvalue weighted by molar-refractivity contribution is 5.95. The van der Waals surface area contributed by atoms with Crippen molar-refractivity contribution >= 4 is 5.91 Å². The van der Waals surface area contributed by atoms with Gasteiger partial charge in [0.15, 0.2) is 11.5 Å². The Balaban J connectivity index is 3.05. The third kappa shape index (κ3) is 3.75. The van der Waals surface area contributed by atoms with Crippen molar-refractivity contribution in [2.24, 2.45) is 0 Å². The van der Waals surface area contributed by atoms with Crippen molar-refractivity contribution in [2.75, 3.05) is 21.3 Å². The Morgan fingerprint density at radius 3 is 1.95 bits per heavy atom. The summed E-state index contributed by atoms with van der Waals surface area (Å²) < 4.78 is 15.6. The SMILES string of the molecule is COc1cc(C(=O)NNC(C)C)cc(OC)c1OC. The molecule has 1 amide bonds. The lowest BCUT2D eigenvalue weighted by atomic mass is 10.1. The van der Waals surface area contributed by atoms with Gasteiger partial charge in [-0.15, -0.1) is 0 Å². The molecule has 6 nitrogen and oxygen atoms in total. The van der Waals surface area contributed by atoms with Gasteiger partial charge in [0.25, 0.3) is 5.91 Å². The maximum absolute atomic E-state index is 12.0. The first kappa shape index (κ1) is 15.1. The van der Waals surface area contributed by atoms with Crippen molar-refractivity contribution in [3.05, 3.63) is 17.7 Å². The number of carbonyl (C=O) groups is 1. The average Bonchev–Trinajstić information content (AvgIpc) is 2.42. The fourth-order valence-electron chi connectivity index (χ4n) is 1.49. The topological polar surface area (TPSA) is 68.8 Å². The number of hydrogen-bond donors (Lipinski definition) is 2. The van der Waals surface area contributed by atoms with Gasteiger partial charge in [-0.2, -0.15) is 0 Å². The Labute approximate surface area is 113 Å². The van der Waals surface area contributed by atoms with Crippen LogP contribution in [0.5, 0.6) is 17.2 Å². The quantitative estimate of drug-likeness (QED) is 0.762. The number of carbonyl (C=O) groups excluding carboxylic acids is 1. The van der Waals surface area contributed by atoms with Gasteiger partial charge in [-0.05, 0) is 26.0 Å². The molecule has 0 unspecified atom stereocenters. The van der Waals surface area contributed by atoms with Crippen LogP contribution in [0, 0.1) is 0 Å². The zero-order valence-electron chi connectivity index (χ0n) is 11.9. The number of rotatable bonds is 6. The Bertz CT molecular complexity index is 421. The molecule has 106 valence electrons. The van der Waals surface area contributed by atoms with Crippen LogP contribution < -0.4 is 25.1 Å². The van der Waals surface area contributed by atoms with E-state index in [4.69, 9.17) is 14.2 Å². The summed E-state index contributed by atoms with van der Waals surface area (Å²) in [5, 5.41) is 0. The number of hydrazine groups is 1. The third-order valence-electron chi connectivity index (χ3n) is 2.40. The Hall–Kier alpha value is -1.95. The summed E-state index contributed by atoms with van der Waals surface area (Å²) in [6, 6.07) is 3.34. The van der Waals surface area contributed by atoms with Crippen molar-refractivity contribution < 1.29 is 19.0 Å². The summed E-state index contributed by atoms with van der Waals surface area (Å²) in [7, 11) is 4.52. The van der Waals surface area contributed by atoms with Crippen LogP contribution in [0.2, 0.25) is 0 Å². The van der Waals surface area contributed by atoms with E-state index in [1.807, 2.05) is 13.8 Å². The van der Waals surface area contributed by atoms with Gasteiger partial charge in [0.2, 0.25) is 5.75 Å². The maximum atomic E-state index is 12.0. The van der Waals surface area contributed by atoms with E-state index in [-0.39, 0.29) is 11.9 Å². The molecule has 0 aliphatic carbocycles. The minimum Gasteiger partial charge on any atom is -0.493 e. The molecule has 0 fully saturated rings. The summed E-state index contributed by atoms with van der Waals surface area (Å²) in [4.78, 5) is 12.0. The predicted molar refractivity (Wildman–Crippen MR) is 71.8 cm³/mol. The Kier molecular flexibility index (Phi) is 5.44. The molecule has 1 aromatic rings. The van der Waals surface area contributed by atoms with Gasteiger partial charge in [0, 0.05) is 11.6 Å². The summed E-state index contributed by atoms with van der Waals surface area (Å²) >= 11 is 0. The number of ether oxygens (including phenoxy) is 3. The summed E-state index contributed by atoms with van der Waals surface area (Å²) in [6.07, 6.45) is 0. The summed E-state index contributed by atoms with van der Waals surface area (Å²) in [5.41, 5.74) is 5.85. The van der Waals surface area contributed by atoms with Crippen LogP contribution in [0.4, 0.5) is 0 Å². The molecule has 0 aromatic heterocycles. The Morgan fingerprint density at radius 1 is 1.05 bits per heavy atom. The molecule has 0 radical (unpaired) electrons. The number of hydrogen-bond acceptors (Lipinski definition) is 5. The van der Waals surface area contributed by atoms with E-state index in [0.29, 0.717) is 22.8 Å². The van der Waals surface area contributed by atoms with E-state index in [2.05, 4.69) is 10.9 Å². The molecule has 0 spiro atoms. The maximum Gasteiger partial charge on any atom is 0.265 e. The standard InChI is InChI=1S/C13H20N2O4/c1-8(2)14-15-13(16)9-6-10(17-3)12(19-5)11(7-9)18-4/h6-8,14H,1-5H3,(H,15,16). The first-order valence-electron chi connectivity index (χ1n) is 5.89. The van der Waals surface area contributed by atoms with Crippen LogP contribution >= 0.6 is 0 Å². The van der Waals surface area contributed by atoms with E-state index in [1.54, 1.807) is 12.1 Å². The smallest absolute Gasteiger partial charge is 0.265 e. The van der Waals surface area contributed by atoms with Crippen molar-refractivity contribution in [3.8, 4) is 17.2 Å². The molecule has 19 heavy (non-hydrogen) atoms. The van der Waals surface area contributed by atoms with Gasteiger partial charge >= 0.3 is 0 Å². The predicted octanol–water partition coefficient (Wildman–Crippen LogP) is 1.36. The Morgan fingerprint density at radius 2 is 1.58 bits per heavy atom. The first-order valence-corrected chi connectivity index (χ1v) is 5.89. The monoisotopic (exact) mass is 268 g/mol. The molecule has 0 saturated carbocycles. The molecule has 1 aromatic carbocycles. The molecule has 0 aliphatic rings. The zero-order chi connectivity index (χ0) is 14.4. The molecule has 6 heteroatoms. The number of benzene rings is 1. The van der Waals surface area contributed by atoms with Gasteiger partial charge in [0.05, 0.1) is 21.3 Å². The van der Waals surface area contributed by atoms with E-state index < -0.39 is 0 Å². The van der Waals surface area contributed by atoms with Crippen LogP contribution in [0.25, 0.3) is 0 Å². The molecular weight excluding hydrogens is 248 g/mol. The fraction of sp³-hybridized carbons (Fsp3) is 0.462. The molecular formula is C13H20N2O4. The molecule has 0 aliphatic heterocycles. The van der Waals surface area contributed by atoms with Crippen molar-refractivity contribution in [1.82, 2.24) is 10.9 Å². The van der Waals surface area contributed by atoms with Crippen molar-refractivity contribution in [2.45, 2.75) is 19.9 Å². The van der Waals surface area contributed by atoms with Crippen molar-refractivity contribution in [3.63, 3.8) is 0 Å². The van der Waals surface area contributed by atoms with Crippen LogP contribution in [-0.4, -0.2) is 33.3 Å². The van der Waals surface area contributed by atoms with Crippen LogP contribution in [-0.2, 0) is 0 Å². The third-order valence-corrected chi connectivity index (χ3v) is 2.40. The van der Waals surface area contributed by atoms with E-state index >= 15 is 0 Å². The largest absolute Gasteiger partial charge is 0.493 e. The lowest BCUT2D eigenvalue weighted by molar-refractivity contribution is 0.0927. The molecule has 0 bridgehead atoms. The van der Waals surface area contributed by atoms with Crippen molar-refractivity contribution in [1.29, 1.82) is 0 Å². The molecule has 2 N–H and O–H groups in total. The van der Waals surface area contributed by atoms with E-state index in [9.17, 15) is 4.79 Å². The molecule has 1 rings (SSSR count). The highest BCUT2D eigenvalue weighted by Gasteiger charge is 2.16. The van der Waals surface area contributed by atoms with Gasteiger partial charge in [-0.25, -0.2) is 5.43 Å². The lowest BCUT2D eigenvalue weighted by Crippen LogP contribution is -2.41. The normalized spacial score (nSPS) is 10.2. The second-order valence-corrected chi connectivity index (χ2v) is 4.17. The van der Waals surface area contributed by atoms with Crippen LogP contribution in [0.1, 0.15) is 24.2 Å². The average molecular weight is 268 g/mol. The lowest BCUT2D eigenvalue weighted by Gasteiger charge is -2.15. The van der Waals surface area contributed by atoms with Gasteiger partial charge < -0.3 is 14.2 Å². The van der Waals surface area contributed by atoms with E-state index in [0.717, 1.165) is 0 Å². The minimum absolute atomic E-state index is 0.144. The second kappa shape index (κ2) is 6.84. The first-order chi connectivity index (χ1) is 9.03. The van der Waals surface area contributed by atoms with Crippen LogP contribution in [0.3, 0.4) is 0 Å². The van der Waals surface area contributed by atoms with Gasteiger partial charge in [-0.1, -0.05) is 0 Å². The summed E-state index contributed by atoms with van der Waals surface area (Å²) in [6.45, 7) is 3.85. The molecule has 0 atom stereocenters. The second-order valence-electron chi connectivity index (χ2n) is 4.17. The number of methoxy groups -OCH3 is 3.